The number of hydrogen-bond donors (Lipinski definition) is 3. The number of nitrogens with two attached hydrogens (primary N) is 1. The Bertz CT molecular complexity index is 1980. The van der Waals surface area contributed by atoms with Crippen molar-refractivity contribution in [2.24, 2.45) is 5.73 Å². The number of alkyl halides is 6. The molecule has 0 saturated carbocycles. The molecule has 51 heavy (non-hydrogen) atoms. The number of aromatic nitrogens is 4. The SMILES string of the molecule is C[C@H](Nc1nc(C(N)=S)nc(Cl)c1-c1c(F)cc(F)cc1F)C(F)(F)F.[C-]#[N+]c1nc(Cl)c(-c2c(F)cc(F)cc2F)c(N[C@@H](C)C(F)(F)F)n1. The molecule has 0 aliphatic carbocycles. The molecule has 4 N–H and O–H groups in total. The molecule has 4 aromatic rings. The molecule has 2 aromatic heterocycles. The molecular formula is C28H16Cl2F12N8S. The van der Waals surface area contributed by atoms with Crippen molar-refractivity contribution in [1.82, 2.24) is 19.9 Å². The second-order valence-electron chi connectivity index (χ2n) is 9.88. The van der Waals surface area contributed by atoms with Crippen molar-refractivity contribution >= 4 is 58.0 Å². The molecule has 2 atom stereocenters. The normalized spacial score (nSPS) is 12.7. The summed E-state index contributed by atoms with van der Waals surface area (Å²) in [6.45, 7) is 8.30. The third-order valence-electron chi connectivity index (χ3n) is 6.24. The molecule has 0 spiro atoms. The summed E-state index contributed by atoms with van der Waals surface area (Å²) in [7, 11) is 0. The summed E-state index contributed by atoms with van der Waals surface area (Å²) < 4.78 is 159. The third-order valence-corrected chi connectivity index (χ3v) is 6.97. The van der Waals surface area contributed by atoms with Crippen molar-refractivity contribution in [2.45, 2.75) is 38.3 Å². The molecule has 0 amide bonds. The van der Waals surface area contributed by atoms with E-state index in [1.807, 2.05) is 10.6 Å². The van der Waals surface area contributed by atoms with Gasteiger partial charge in [0.15, 0.2) is 11.6 Å². The van der Waals surface area contributed by atoms with Crippen molar-refractivity contribution in [3.8, 4) is 22.3 Å². The minimum Gasteiger partial charge on any atom is -0.394 e. The Hall–Kier alpha value is -4.68. The first kappa shape index (κ1) is 40.7. The standard InChI is InChI=1S/C14H9ClF6N4S.C14H7ClF6N4/c1-4(14(19,20)21)23-12-9(10(15)24-13(25-12)11(22)26)8-6(17)2-5(16)3-7(8)18;1-5(14(19,20)21)23-12-10(11(15)24-13(22-2)25-12)9-7(17)3-6(16)4-8(9)18/h2-4H,1H3,(H2,22,26)(H,23,24,25);3-5H,1H3,(H,23,24,25)/t4-;5-/m00/s1. The zero-order chi connectivity index (χ0) is 38.7. The van der Waals surface area contributed by atoms with Crippen molar-refractivity contribution in [1.29, 1.82) is 0 Å². The molecule has 0 saturated heterocycles. The Labute approximate surface area is 293 Å². The highest BCUT2D eigenvalue weighted by Crippen LogP contribution is 2.40. The average Bonchev–Trinajstić information content (AvgIpc) is 2.97. The van der Waals surface area contributed by atoms with Gasteiger partial charge in [0.25, 0.3) is 0 Å². The van der Waals surface area contributed by atoms with Crippen LogP contribution in [0.1, 0.15) is 19.7 Å². The topological polar surface area (TPSA) is 106 Å². The monoisotopic (exact) mass is 794 g/mol. The average molecular weight is 795 g/mol. The van der Waals surface area contributed by atoms with Crippen molar-refractivity contribution < 1.29 is 52.7 Å². The number of thiocarbonyl (C=S) groups is 1. The Balaban J connectivity index is 0.000000276. The first-order valence-corrected chi connectivity index (χ1v) is 14.4. The van der Waals surface area contributed by atoms with Gasteiger partial charge in [-0.25, -0.2) is 36.3 Å². The van der Waals surface area contributed by atoms with Crippen LogP contribution in [-0.2, 0) is 0 Å². The fraction of sp³-hybridized carbons (Fsp3) is 0.214. The number of rotatable bonds is 7. The van der Waals surface area contributed by atoms with Gasteiger partial charge in [-0.15, -0.1) is 16.5 Å². The van der Waals surface area contributed by atoms with Gasteiger partial charge in [0, 0.05) is 24.3 Å². The van der Waals surface area contributed by atoms with E-state index in [1.54, 1.807) is 0 Å². The van der Waals surface area contributed by atoms with Crippen LogP contribution in [0.2, 0.25) is 10.3 Å². The maximum atomic E-state index is 14.1. The van der Waals surface area contributed by atoms with E-state index >= 15 is 0 Å². The zero-order valence-corrected chi connectivity index (χ0v) is 27.3. The molecule has 0 aliphatic heterocycles. The second-order valence-corrected chi connectivity index (χ2v) is 11.0. The van der Waals surface area contributed by atoms with Crippen LogP contribution < -0.4 is 16.4 Å². The summed E-state index contributed by atoms with van der Waals surface area (Å²) in [5, 5.41) is 2.57. The van der Waals surface area contributed by atoms with Crippen LogP contribution in [-0.4, -0.2) is 49.4 Å². The fourth-order valence-corrected chi connectivity index (χ4v) is 4.42. The predicted molar refractivity (Wildman–Crippen MR) is 165 cm³/mol. The second kappa shape index (κ2) is 15.7. The van der Waals surface area contributed by atoms with Crippen LogP contribution in [0.3, 0.4) is 0 Å². The fourth-order valence-electron chi connectivity index (χ4n) is 3.80. The molecule has 23 heteroatoms. The molecule has 2 aromatic carbocycles. The summed E-state index contributed by atoms with van der Waals surface area (Å²) in [5.74, 6) is -10.5. The Kier molecular flexibility index (Phi) is 12.5. The van der Waals surface area contributed by atoms with Crippen LogP contribution >= 0.6 is 35.4 Å². The van der Waals surface area contributed by atoms with E-state index in [-0.39, 0.29) is 0 Å². The first-order chi connectivity index (χ1) is 23.5. The van der Waals surface area contributed by atoms with Crippen LogP contribution in [0.5, 0.6) is 0 Å². The molecule has 0 fully saturated rings. The molecule has 0 bridgehead atoms. The zero-order valence-electron chi connectivity index (χ0n) is 25.0. The molecule has 0 aliphatic rings. The number of halogens is 14. The summed E-state index contributed by atoms with van der Waals surface area (Å²) >= 11 is 16.3. The summed E-state index contributed by atoms with van der Waals surface area (Å²) in [6.07, 6.45) is -9.43. The summed E-state index contributed by atoms with van der Waals surface area (Å²) in [5.41, 5.74) is 2.24. The minimum absolute atomic E-state index is 0.328. The van der Waals surface area contributed by atoms with Gasteiger partial charge < -0.3 is 21.2 Å². The smallest absolute Gasteiger partial charge is 0.394 e. The molecule has 2 heterocycles. The minimum atomic E-state index is -4.72. The quantitative estimate of drug-likeness (QED) is 0.0736. The number of nitrogens with zero attached hydrogens (tertiary/aromatic N) is 5. The van der Waals surface area contributed by atoms with Gasteiger partial charge in [-0.05, 0) is 25.4 Å². The third kappa shape index (κ3) is 9.77. The van der Waals surface area contributed by atoms with Crippen molar-refractivity contribution in [3.05, 3.63) is 86.7 Å². The van der Waals surface area contributed by atoms with E-state index in [4.69, 9.17) is 35.5 Å². The van der Waals surface area contributed by atoms with E-state index in [2.05, 4.69) is 37.0 Å². The highest BCUT2D eigenvalue weighted by atomic mass is 35.5. The van der Waals surface area contributed by atoms with E-state index in [9.17, 15) is 52.7 Å². The summed E-state index contributed by atoms with van der Waals surface area (Å²) in [4.78, 5) is 16.7. The number of anilines is 2. The van der Waals surface area contributed by atoms with Gasteiger partial charge in [0.2, 0.25) is 5.15 Å². The Morgan fingerprint density at radius 3 is 1.37 bits per heavy atom. The molecular weight excluding hydrogens is 779 g/mol. The first-order valence-electron chi connectivity index (χ1n) is 13.2. The van der Waals surface area contributed by atoms with Crippen molar-refractivity contribution in [2.75, 3.05) is 10.6 Å². The lowest BCUT2D eigenvalue weighted by Gasteiger charge is -2.21. The van der Waals surface area contributed by atoms with Crippen LogP contribution in [0.4, 0.5) is 70.3 Å². The van der Waals surface area contributed by atoms with Gasteiger partial charge in [-0.2, -0.15) is 26.3 Å². The number of hydrogen-bond acceptors (Lipinski definition) is 7. The van der Waals surface area contributed by atoms with Crippen LogP contribution in [0.25, 0.3) is 27.1 Å². The van der Waals surface area contributed by atoms with E-state index < -0.39 is 120 Å². The number of nitrogens with one attached hydrogen (secondary N) is 2. The number of benzene rings is 2. The Morgan fingerprint density at radius 2 is 1.04 bits per heavy atom. The highest BCUT2D eigenvalue weighted by Gasteiger charge is 2.39. The van der Waals surface area contributed by atoms with Crippen molar-refractivity contribution in [3.63, 3.8) is 0 Å². The van der Waals surface area contributed by atoms with Gasteiger partial charge in [-0.3, -0.25) is 0 Å². The maximum Gasteiger partial charge on any atom is 0.408 e. The summed E-state index contributed by atoms with van der Waals surface area (Å²) in [6, 6.07) is -3.01. The van der Waals surface area contributed by atoms with Crippen LogP contribution in [0, 0.1) is 41.5 Å². The molecule has 8 nitrogen and oxygen atoms in total. The largest absolute Gasteiger partial charge is 0.408 e. The highest BCUT2D eigenvalue weighted by molar-refractivity contribution is 7.80. The van der Waals surface area contributed by atoms with Crippen LogP contribution in [0.15, 0.2) is 24.3 Å². The lowest BCUT2D eigenvalue weighted by molar-refractivity contribution is -0.139. The molecule has 4 rings (SSSR count). The molecule has 0 unspecified atom stereocenters. The predicted octanol–water partition coefficient (Wildman–Crippen LogP) is 9.34. The van der Waals surface area contributed by atoms with Gasteiger partial charge in [-0.1, -0.05) is 23.8 Å². The lowest BCUT2D eigenvalue weighted by atomic mass is 10.1. The van der Waals surface area contributed by atoms with Gasteiger partial charge in [0.05, 0.1) is 22.3 Å². The molecule has 0 radical (unpaired) electrons. The van der Waals surface area contributed by atoms with E-state index in [0.717, 1.165) is 13.8 Å². The van der Waals surface area contributed by atoms with E-state index in [1.165, 1.54) is 0 Å². The van der Waals surface area contributed by atoms with Gasteiger partial charge >= 0.3 is 18.3 Å². The molecule has 272 valence electrons. The van der Waals surface area contributed by atoms with Gasteiger partial charge in [0.1, 0.15) is 62.9 Å². The maximum absolute atomic E-state index is 14.1. The lowest BCUT2D eigenvalue weighted by Crippen LogP contribution is -2.34. The van der Waals surface area contributed by atoms with E-state index in [0.29, 0.717) is 24.3 Å². The Morgan fingerprint density at radius 1 is 0.686 bits per heavy atom.